The molecule has 4 rings (SSSR count). The zero-order valence-corrected chi connectivity index (χ0v) is 13.1. The van der Waals surface area contributed by atoms with Crippen LogP contribution >= 0.6 is 22.9 Å². The van der Waals surface area contributed by atoms with Crippen molar-refractivity contribution in [3.8, 4) is 17.0 Å². The fourth-order valence-corrected chi connectivity index (χ4v) is 3.72. The van der Waals surface area contributed by atoms with Gasteiger partial charge in [-0.25, -0.2) is 9.37 Å². The van der Waals surface area contributed by atoms with Crippen LogP contribution in [-0.2, 0) is 0 Å². The van der Waals surface area contributed by atoms with Crippen LogP contribution in [0.5, 0.6) is 5.75 Å². The van der Waals surface area contributed by atoms with Crippen LogP contribution in [0.3, 0.4) is 0 Å². The third-order valence-electron chi connectivity index (χ3n) is 3.50. The Morgan fingerprint density at radius 3 is 2.86 bits per heavy atom. The number of nitrogens with zero attached hydrogens (tertiary/aromatic N) is 2. The van der Waals surface area contributed by atoms with Crippen LogP contribution in [0.4, 0.5) is 4.39 Å². The molecular weight excluding hydrogens is 323 g/mol. The molecule has 0 fully saturated rings. The van der Waals surface area contributed by atoms with E-state index in [-0.39, 0.29) is 5.75 Å². The molecule has 110 valence electrons. The number of imidazole rings is 1. The van der Waals surface area contributed by atoms with Crippen molar-refractivity contribution in [2.45, 2.75) is 0 Å². The Hall–Kier alpha value is -2.11. The highest BCUT2D eigenvalue weighted by atomic mass is 35.5. The molecule has 0 atom stereocenters. The third kappa shape index (κ3) is 2.05. The van der Waals surface area contributed by atoms with Crippen LogP contribution < -0.4 is 4.74 Å². The summed E-state index contributed by atoms with van der Waals surface area (Å²) in [5.74, 6) is -0.169. The number of halogens is 2. The van der Waals surface area contributed by atoms with Gasteiger partial charge in [0.2, 0.25) is 0 Å². The van der Waals surface area contributed by atoms with Gasteiger partial charge >= 0.3 is 0 Å². The molecule has 2 aromatic carbocycles. The summed E-state index contributed by atoms with van der Waals surface area (Å²) in [6, 6.07) is 10.6. The maximum Gasteiger partial charge on any atom is 0.195 e. The van der Waals surface area contributed by atoms with Gasteiger partial charge in [-0.2, -0.15) is 0 Å². The van der Waals surface area contributed by atoms with Crippen molar-refractivity contribution in [2.75, 3.05) is 7.11 Å². The van der Waals surface area contributed by atoms with E-state index in [1.807, 2.05) is 28.8 Å². The highest BCUT2D eigenvalue weighted by molar-refractivity contribution is 7.23. The number of thiazole rings is 1. The summed E-state index contributed by atoms with van der Waals surface area (Å²) in [4.78, 5) is 5.43. The molecule has 0 saturated carbocycles. The summed E-state index contributed by atoms with van der Waals surface area (Å²) >= 11 is 7.56. The lowest BCUT2D eigenvalue weighted by Gasteiger charge is -2.02. The van der Waals surface area contributed by atoms with Crippen LogP contribution in [0.15, 0.2) is 42.6 Å². The number of benzene rings is 2. The zero-order chi connectivity index (χ0) is 15.3. The van der Waals surface area contributed by atoms with Gasteiger partial charge in [0.05, 0.1) is 23.0 Å². The van der Waals surface area contributed by atoms with E-state index in [1.54, 1.807) is 23.5 Å². The molecule has 0 aliphatic rings. The van der Waals surface area contributed by atoms with E-state index in [2.05, 4.69) is 4.98 Å². The van der Waals surface area contributed by atoms with Crippen molar-refractivity contribution in [1.82, 2.24) is 9.38 Å². The molecule has 3 nitrogen and oxygen atoms in total. The molecule has 0 aliphatic carbocycles. The molecule has 4 aromatic rings. The predicted octanol–water partition coefficient (Wildman–Crippen LogP) is 5.02. The van der Waals surface area contributed by atoms with E-state index in [0.717, 1.165) is 26.4 Å². The molecular formula is C16H10ClFN2OS. The standard InChI is InChI=1S/C16H10ClFN2OS/c1-21-14-5-2-9(6-11(14)18)12-8-20-13-4-3-10(17)7-15(13)22-16(20)19-12/h2-8H,1H3. The van der Waals surface area contributed by atoms with Crippen molar-refractivity contribution in [3.05, 3.63) is 53.4 Å². The Bertz CT molecular complexity index is 1010. The lowest BCUT2D eigenvalue weighted by Crippen LogP contribution is -1.88. The van der Waals surface area contributed by atoms with Crippen LogP contribution in [0.1, 0.15) is 0 Å². The summed E-state index contributed by atoms with van der Waals surface area (Å²) in [5.41, 5.74) is 2.48. The molecule has 0 amide bonds. The minimum Gasteiger partial charge on any atom is -0.494 e. The van der Waals surface area contributed by atoms with Gasteiger partial charge in [0.15, 0.2) is 16.5 Å². The minimum atomic E-state index is -0.395. The minimum absolute atomic E-state index is 0.227. The molecule has 0 radical (unpaired) electrons. The first-order valence-corrected chi connectivity index (χ1v) is 7.76. The second kappa shape index (κ2) is 4.97. The summed E-state index contributed by atoms with van der Waals surface area (Å²) in [6.07, 6.45) is 1.91. The normalized spacial score (nSPS) is 11.4. The van der Waals surface area contributed by atoms with Gasteiger partial charge in [0.1, 0.15) is 0 Å². The maximum atomic E-state index is 13.8. The van der Waals surface area contributed by atoms with Crippen molar-refractivity contribution in [1.29, 1.82) is 0 Å². The van der Waals surface area contributed by atoms with Gasteiger partial charge in [0.25, 0.3) is 0 Å². The molecule has 0 bridgehead atoms. The van der Waals surface area contributed by atoms with Crippen LogP contribution in [-0.4, -0.2) is 16.5 Å². The Morgan fingerprint density at radius 1 is 1.23 bits per heavy atom. The number of hydrogen-bond donors (Lipinski definition) is 0. The Labute approximate surface area is 134 Å². The van der Waals surface area contributed by atoms with Crippen molar-refractivity contribution in [3.63, 3.8) is 0 Å². The van der Waals surface area contributed by atoms with Crippen molar-refractivity contribution in [2.24, 2.45) is 0 Å². The van der Waals surface area contributed by atoms with Crippen molar-refractivity contribution >= 4 is 38.1 Å². The van der Waals surface area contributed by atoms with Crippen LogP contribution in [0.25, 0.3) is 26.4 Å². The smallest absolute Gasteiger partial charge is 0.195 e. The monoisotopic (exact) mass is 332 g/mol. The van der Waals surface area contributed by atoms with Gasteiger partial charge in [0, 0.05) is 16.8 Å². The van der Waals surface area contributed by atoms with E-state index >= 15 is 0 Å². The highest BCUT2D eigenvalue weighted by Gasteiger charge is 2.12. The Morgan fingerprint density at radius 2 is 2.09 bits per heavy atom. The van der Waals surface area contributed by atoms with Crippen LogP contribution in [0.2, 0.25) is 5.02 Å². The first-order chi connectivity index (χ1) is 10.7. The van der Waals surface area contributed by atoms with E-state index in [0.29, 0.717) is 5.02 Å². The molecule has 2 aromatic heterocycles. The maximum absolute atomic E-state index is 13.8. The van der Waals surface area contributed by atoms with Gasteiger partial charge in [-0.3, -0.25) is 4.40 Å². The molecule has 0 aliphatic heterocycles. The topological polar surface area (TPSA) is 26.5 Å². The van der Waals surface area contributed by atoms with Crippen LogP contribution in [0, 0.1) is 5.82 Å². The first-order valence-electron chi connectivity index (χ1n) is 6.57. The van der Waals surface area contributed by atoms with E-state index in [4.69, 9.17) is 16.3 Å². The van der Waals surface area contributed by atoms with Gasteiger partial charge in [-0.1, -0.05) is 22.9 Å². The number of fused-ring (bicyclic) bond motifs is 3. The predicted molar refractivity (Wildman–Crippen MR) is 87.5 cm³/mol. The van der Waals surface area contributed by atoms with Gasteiger partial charge in [-0.05, 0) is 36.4 Å². The number of hydrogen-bond acceptors (Lipinski definition) is 3. The molecule has 0 unspecified atom stereocenters. The molecule has 0 N–H and O–H groups in total. The fraction of sp³-hybridized carbons (Fsp3) is 0.0625. The quantitative estimate of drug-likeness (QED) is 0.515. The van der Waals surface area contributed by atoms with Gasteiger partial charge in [-0.15, -0.1) is 0 Å². The number of ether oxygens (including phenoxy) is 1. The molecule has 0 saturated heterocycles. The molecule has 0 spiro atoms. The fourth-order valence-electron chi connectivity index (χ4n) is 2.44. The molecule has 6 heteroatoms. The summed E-state index contributed by atoms with van der Waals surface area (Å²) in [7, 11) is 1.45. The largest absolute Gasteiger partial charge is 0.494 e. The summed E-state index contributed by atoms with van der Waals surface area (Å²) < 4.78 is 21.8. The van der Waals surface area contributed by atoms with E-state index in [1.165, 1.54) is 13.2 Å². The average Bonchev–Trinajstić information content (AvgIpc) is 3.04. The van der Waals surface area contributed by atoms with Crippen molar-refractivity contribution < 1.29 is 9.13 Å². The molecule has 2 heterocycles. The Kier molecular flexibility index (Phi) is 3.06. The highest BCUT2D eigenvalue weighted by Crippen LogP contribution is 2.32. The summed E-state index contributed by atoms with van der Waals surface area (Å²) in [5, 5.41) is 0.703. The lowest BCUT2D eigenvalue weighted by molar-refractivity contribution is 0.386. The average molecular weight is 333 g/mol. The number of methoxy groups -OCH3 is 1. The number of rotatable bonds is 2. The van der Waals surface area contributed by atoms with E-state index < -0.39 is 5.82 Å². The zero-order valence-electron chi connectivity index (χ0n) is 11.5. The SMILES string of the molecule is COc1ccc(-c2cn3c(n2)sc2cc(Cl)ccc23)cc1F. The second-order valence-corrected chi connectivity index (χ2v) is 6.29. The van der Waals surface area contributed by atoms with Gasteiger partial charge < -0.3 is 4.74 Å². The molecule has 22 heavy (non-hydrogen) atoms. The summed E-state index contributed by atoms with van der Waals surface area (Å²) in [6.45, 7) is 0. The third-order valence-corrected chi connectivity index (χ3v) is 4.76. The number of aromatic nitrogens is 2. The Balaban J connectivity index is 1.87. The second-order valence-electron chi connectivity index (χ2n) is 4.84. The first kappa shape index (κ1) is 13.5. The van der Waals surface area contributed by atoms with E-state index in [9.17, 15) is 4.39 Å². The lowest BCUT2D eigenvalue weighted by atomic mass is 10.1.